The summed E-state index contributed by atoms with van der Waals surface area (Å²) in [6.07, 6.45) is 1.06. The topological polar surface area (TPSA) is 24.1 Å². The molecule has 4 heteroatoms. The number of hydrogen-bond donors (Lipinski definition) is 2. The van der Waals surface area contributed by atoms with Gasteiger partial charge in [0.2, 0.25) is 0 Å². The van der Waals surface area contributed by atoms with Crippen LogP contribution < -0.4 is 10.6 Å². The van der Waals surface area contributed by atoms with Crippen molar-refractivity contribution in [1.29, 1.82) is 0 Å². The smallest absolute Gasteiger partial charge is 0.0823 e. The minimum absolute atomic E-state index is 0.378. The van der Waals surface area contributed by atoms with E-state index >= 15 is 0 Å². The summed E-state index contributed by atoms with van der Waals surface area (Å²) in [7, 11) is 0. The van der Waals surface area contributed by atoms with Gasteiger partial charge in [-0.2, -0.15) is 0 Å². The molecule has 0 bridgehead atoms. The Morgan fingerprint density at radius 1 is 0.952 bits per heavy atom. The van der Waals surface area contributed by atoms with Crippen molar-refractivity contribution in [2.45, 2.75) is 19.4 Å². The van der Waals surface area contributed by atoms with E-state index in [0.29, 0.717) is 16.1 Å². The molecule has 1 atom stereocenters. The minimum Gasteiger partial charge on any atom is -0.383 e. The summed E-state index contributed by atoms with van der Waals surface area (Å²) in [5.41, 5.74) is 2.19. The third kappa shape index (κ3) is 4.63. The Labute approximate surface area is 136 Å². The van der Waals surface area contributed by atoms with Crippen LogP contribution in [0, 0.1) is 0 Å². The molecular weight excluding hydrogens is 303 g/mol. The molecule has 0 radical (unpaired) electrons. The second-order valence-electron chi connectivity index (χ2n) is 4.85. The van der Waals surface area contributed by atoms with E-state index in [-0.39, 0.29) is 0 Å². The lowest BCUT2D eigenvalue weighted by atomic mass is 10.0. The molecule has 0 aromatic heterocycles. The van der Waals surface area contributed by atoms with Crippen LogP contribution in [0.3, 0.4) is 0 Å². The molecule has 21 heavy (non-hydrogen) atoms. The van der Waals surface area contributed by atoms with Gasteiger partial charge in [0, 0.05) is 19.1 Å². The summed E-state index contributed by atoms with van der Waals surface area (Å²) in [6.45, 7) is 3.84. The summed E-state index contributed by atoms with van der Waals surface area (Å²) in [4.78, 5) is 0. The average Bonchev–Trinajstić information content (AvgIpc) is 2.52. The van der Waals surface area contributed by atoms with Gasteiger partial charge in [0.25, 0.3) is 0 Å². The molecule has 0 aliphatic heterocycles. The molecule has 1 unspecified atom stereocenters. The fourth-order valence-electron chi connectivity index (χ4n) is 2.27. The maximum Gasteiger partial charge on any atom is 0.0823 e. The molecule has 112 valence electrons. The Morgan fingerprint density at radius 2 is 1.71 bits per heavy atom. The largest absolute Gasteiger partial charge is 0.383 e. The quantitative estimate of drug-likeness (QED) is 0.689. The van der Waals surface area contributed by atoms with Crippen LogP contribution in [-0.2, 0) is 0 Å². The first-order valence-electron chi connectivity index (χ1n) is 7.18. The molecule has 2 rings (SSSR count). The lowest BCUT2D eigenvalue weighted by molar-refractivity contribution is 0.531. The van der Waals surface area contributed by atoms with Crippen LogP contribution in [0.25, 0.3) is 0 Å². The molecule has 2 aromatic rings. The molecule has 2 N–H and O–H groups in total. The molecule has 0 spiro atoms. The highest BCUT2D eigenvalue weighted by Crippen LogP contribution is 2.29. The van der Waals surface area contributed by atoms with E-state index in [0.717, 1.165) is 25.2 Å². The van der Waals surface area contributed by atoms with Crippen molar-refractivity contribution in [3.63, 3.8) is 0 Å². The minimum atomic E-state index is 0.378. The highest BCUT2D eigenvalue weighted by atomic mass is 35.5. The molecule has 2 aromatic carbocycles. The number of hydrogen-bond acceptors (Lipinski definition) is 2. The molecule has 0 fully saturated rings. The molecule has 0 heterocycles. The van der Waals surface area contributed by atoms with Crippen molar-refractivity contribution < 1.29 is 0 Å². The lowest BCUT2D eigenvalue weighted by Crippen LogP contribution is -2.26. The van der Waals surface area contributed by atoms with E-state index in [1.165, 1.54) is 5.56 Å². The van der Waals surface area contributed by atoms with Crippen LogP contribution in [0.1, 0.15) is 24.9 Å². The zero-order valence-corrected chi connectivity index (χ0v) is 13.6. The summed E-state index contributed by atoms with van der Waals surface area (Å²) >= 11 is 12.1. The van der Waals surface area contributed by atoms with Gasteiger partial charge in [-0.15, -0.1) is 0 Å². The van der Waals surface area contributed by atoms with Gasteiger partial charge in [0.15, 0.2) is 0 Å². The molecule has 0 saturated carbocycles. The van der Waals surface area contributed by atoms with Crippen molar-refractivity contribution in [3.8, 4) is 0 Å². The van der Waals surface area contributed by atoms with Gasteiger partial charge in [-0.1, -0.05) is 66.5 Å². The van der Waals surface area contributed by atoms with Gasteiger partial charge < -0.3 is 10.6 Å². The fourth-order valence-corrected chi connectivity index (χ4v) is 2.63. The molecule has 2 nitrogen and oxygen atoms in total. The van der Waals surface area contributed by atoms with Crippen molar-refractivity contribution in [1.82, 2.24) is 5.32 Å². The predicted molar refractivity (Wildman–Crippen MR) is 92.4 cm³/mol. The van der Waals surface area contributed by atoms with Gasteiger partial charge in [-0.05, 0) is 24.1 Å². The van der Waals surface area contributed by atoms with Crippen LogP contribution in [0.2, 0.25) is 10.0 Å². The Kier molecular flexibility index (Phi) is 6.37. The maximum atomic E-state index is 6.14. The fraction of sp³-hybridized carbons (Fsp3) is 0.294. The van der Waals surface area contributed by atoms with Gasteiger partial charge >= 0.3 is 0 Å². The second kappa shape index (κ2) is 8.28. The first kappa shape index (κ1) is 16.2. The second-order valence-corrected chi connectivity index (χ2v) is 5.64. The monoisotopic (exact) mass is 322 g/mol. The highest BCUT2D eigenvalue weighted by Gasteiger charge is 2.07. The van der Waals surface area contributed by atoms with Crippen LogP contribution in [0.15, 0.2) is 48.5 Å². The SMILES string of the molecule is CCC(NCCNc1cccc(Cl)c1Cl)c1ccccc1. The van der Waals surface area contributed by atoms with Crippen LogP contribution in [0.5, 0.6) is 0 Å². The van der Waals surface area contributed by atoms with Gasteiger partial charge in [0.05, 0.1) is 15.7 Å². The summed E-state index contributed by atoms with van der Waals surface area (Å²) in [5.74, 6) is 0. The third-order valence-corrected chi connectivity index (χ3v) is 4.21. The highest BCUT2D eigenvalue weighted by molar-refractivity contribution is 6.43. The number of anilines is 1. The summed E-state index contributed by atoms with van der Waals surface area (Å²) in [6, 6.07) is 16.5. The molecular formula is C17H20Cl2N2. The first-order valence-corrected chi connectivity index (χ1v) is 7.94. The van der Waals surface area contributed by atoms with Crippen molar-refractivity contribution in [3.05, 3.63) is 64.1 Å². The number of nitrogens with one attached hydrogen (secondary N) is 2. The predicted octanol–water partition coefficient (Wildman–Crippen LogP) is 5.15. The lowest BCUT2D eigenvalue weighted by Gasteiger charge is -2.18. The molecule has 0 aliphatic carbocycles. The molecule has 0 amide bonds. The Bertz CT molecular complexity index is 558. The number of halogens is 2. The van der Waals surface area contributed by atoms with Crippen molar-refractivity contribution in [2.24, 2.45) is 0 Å². The summed E-state index contributed by atoms with van der Waals surface area (Å²) < 4.78 is 0. The van der Waals surface area contributed by atoms with E-state index in [2.05, 4.69) is 41.8 Å². The Balaban J connectivity index is 1.82. The molecule has 0 aliphatic rings. The van der Waals surface area contributed by atoms with Gasteiger partial charge in [-0.25, -0.2) is 0 Å². The van der Waals surface area contributed by atoms with E-state index in [1.54, 1.807) is 6.07 Å². The van der Waals surface area contributed by atoms with Gasteiger partial charge in [-0.3, -0.25) is 0 Å². The summed E-state index contributed by atoms with van der Waals surface area (Å²) in [5, 5.41) is 8.01. The normalized spacial score (nSPS) is 12.1. The van der Waals surface area contributed by atoms with Crippen molar-refractivity contribution in [2.75, 3.05) is 18.4 Å². The first-order chi connectivity index (χ1) is 10.2. The van der Waals surface area contributed by atoms with E-state index in [9.17, 15) is 0 Å². The Hall–Kier alpha value is -1.22. The van der Waals surface area contributed by atoms with Crippen molar-refractivity contribution >= 4 is 28.9 Å². The van der Waals surface area contributed by atoms with E-state index in [4.69, 9.17) is 23.2 Å². The van der Waals surface area contributed by atoms with E-state index < -0.39 is 0 Å². The maximum absolute atomic E-state index is 6.14. The van der Waals surface area contributed by atoms with E-state index in [1.807, 2.05) is 18.2 Å². The number of benzene rings is 2. The van der Waals surface area contributed by atoms with Gasteiger partial charge in [0.1, 0.15) is 0 Å². The van der Waals surface area contributed by atoms with Crippen LogP contribution >= 0.6 is 23.2 Å². The van der Waals surface area contributed by atoms with Crippen LogP contribution in [-0.4, -0.2) is 13.1 Å². The molecule has 0 saturated heterocycles. The third-order valence-electron chi connectivity index (χ3n) is 3.39. The number of rotatable bonds is 7. The Morgan fingerprint density at radius 3 is 2.43 bits per heavy atom. The zero-order valence-electron chi connectivity index (χ0n) is 12.1. The average molecular weight is 323 g/mol. The zero-order chi connectivity index (χ0) is 15.1. The van der Waals surface area contributed by atoms with Crippen LogP contribution in [0.4, 0.5) is 5.69 Å². The standard InChI is InChI=1S/C17H20Cl2N2/c1-2-15(13-7-4-3-5-8-13)20-11-12-21-16-10-6-9-14(18)17(16)19/h3-10,15,20-21H,2,11-12H2,1H3.